The standard InChI is InChI=1S/C18H20N4O3.ClH/c1-21(2)11-5-10-19-14-8-9-15(22(24)25)17-16(14)18(23)12-6-3-4-7-13(12)20-17;/h3-4,6-9,19H,5,10-11H2,1-2H3,(H,20,23);1H. The first-order valence-electron chi connectivity index (χ1n) is 8.10. The van der Waals surface area contributed by atoms with E-state index >= 15 is 0 Å². The molecule has 3 rings (SSSR count). The molecule has 0 unspecified atom stereocenters. The van der Waals surface area contributed by atoms with Gasteiger partial charge in [-0.25, -0.2) is 0 Å². The van der Waals surface area contributed by atoms with Gasteiger partial charge in [0.05, 0.1) is 10.3 Å². The molecule has 0 amide bonds. The van der Waals surface area contributed by atoms with Gasteiger partial charge >= 0.3 is 0 Å². The Morgan fingerprint density at radius 1 is 1.19 bits per heavy atom. The second-order valence-electron chi connectivity index (χ2n) is 6.22. The van der Waals surface area contributed by atoms with Crippen LogP contribution >= 0.6 is 12.4 Å². The van der Waals surface area contributed by atoms with Crippen LogP contribution in [0.2, 0.25) is 0 Å². The fourth-order valence-electron chi connectivity index (χ4n) is 2.93. The topological polar surface area (TPSA) is 91.3 Å². The highest BCUT2D eigenvalue weighted by molar-refractivity contribution is 6.03. The number of nitrogens with one attached hydrogen (secondary N) is 2. The molecular formula is C18H21ClN4O3. The van der Waals surface area contributed by atoms with Crippen LogP contribution in [0.5, 0.6) is 0 Å². The van der Waals surface area contributed by atoms with Gasteiger partial charge in [-0.15, -0.1) is 12.4 Å². The first kappa shape index (κ1) is 19.7. The van der Waals surface area contributed by atoms with E-state index in [0.717, 1.165) is 13.0 Å². The second kappa shape index (κ2) is 8.16. The first-order chi connectivity index (χ1) is 12.0. The van der Waals surface area contributed by atoms with E-state index in [1.54, 1.807) is 30.3 Å². The number of non-ortho nitro benzene ring substituents is 1. The Morgan fingerprint density at radius 2 is 1.92 bits per heavy atom. The van der Waals surface area contributed by atoms with Gasteiger partial charge in [-0.1, -0.05) is 12.1 Å². The largest absolute Gasteiger partial charge is 0.384 e. The van der Waals surface area contributed by atoms with Crippen LogP contribution in [0.15, 0.2) is 41.2 Å². The number of fused-ring (bicyclic) bond motifs is 2. The molecule has 0 radical (unpaired) electrons. The molecule has 138 valence electrons. The summed E-state index contributed by atoms with van der Waals surface area (Å²) in [4.78, 5) is 29.0. The van der Waals surface area contributed by atoms with E-state index < -0.39 is 4.92 Å². The van der Waals surface area contributed by atoms with Gasteiger partial charge in [-0.3, -0.25) is 14.9 Å². The third-order valence-corrected chi connectivity index (χ3v) is 4.14. The Morgan fingerprint density at radius 3 is 2.62 bits per heavy atom. The highest BCUT2D eigenvalue weighted by Crippen LogP contribution is 2.29. The molecule has 0 atom stereocenters. The van der Waals surface area contributed by atoms with Crippen molar-refractivity contribution in [3.05, 3.63) is 56.7 Å². The summed E-state index contributed by atoms with van der Waals surface area (Å²) in [6.07, 6.45) is 0.900. The molecule has 0 aliphatic rings. The van der Waals surface area contributed by atoms with E-state index in [0.29, 0.717) is 28.5 Å². The average molecular weight is 377 g/mol. The number of nitro benzene ring substituents is 1. The molecule has 2 aromatic carbocycles. The number of pyridine rings is 1. The molecule has 1 heterocycles. The minimum atomic E-state index is -0.469. The van der Waals surface area contributed by atoms with Gasteiger partial charge in [0.15, 0.2) is 5.43 Å². The van der Waals surface area contributed by atoms with Crippen molar-refractivity contribution in [1.29, 1.82) is 0 Å². The average Bonchev–Trinajstić information content (AvgIpc) is 2.58. The zero-order chi connectivity index (χ0) is 18.0. The Hall–Kier alpha value is -2.64. The second-order valence-corrected chi connectivity index (χ2v) is 6.22. The summed E-state index contributed by atoms with van der Waals surface area (Å²) in [5.74, 6) is 0. The van der Waals surface area contributed by atoms with Crippen molar-refractivity contribution in [3.63, 3.8) is 0 Å². The molecule has 0 fully saturated rings. The molecule has 26 heavy (non-hydrogen) atoms. The van der Waals surface area contributed by atoms with Crippen LogP contribution in [0.3, 0.4) is 0 Å². The molecule has 0 spiro atoms. The van der Waals surface area contributed by atoms with Crippen molar-refractivity contribution in [1.82, 2.24) is 9.88 Å². The summed E-state index contributed by atoms with van der Waals surface area (Å²) in [6, 6.07) is 10.1. The lowest BCUT2D eigenvalue weighted by molar-refractivity contribution is -0.383. The lowest BCUT2D eigenvalue weighted by Crippen LogP contribution is -2.17. The van der Waals surface area contributed by atoms with Crippen molar-refractivity contribution in [2.75, 3.05) is 32.5 Å². The van der Waals surface area contributed by atoms with Crippen molar-refractivity contribution < 1.29 is 4.92 Å². The monoisotopic (exact) mass is 376 g/mol. The van der Waals surface area contributed by atoms with Crippen molar-refractivity contribution in [3.8, 4) is 0 Å². The van der Waals surface area contributed by atoms with Crippen LogP contribution in [-0.4, -0.2) is 42.0 Å². The van der Waals surface area contributed by atoms with Crippen LogP contribution in [0.1, 0.15) is 6.42 Å². The van der Waals surface area contributed by atoms with Gasteiger partial charge in [-0.2, -0.15) is 0 Å². The lowest BCUT2D eigenvalue weighted by Gasteiger charge is -2.13. The summed E-state index contributed by atoms with van der Waals surface area (Å²) in [5, 5.41) is 15.5. The Kier molecular flexibility index (Phi) is 6.18. The lowest BCUT2D eigenvalue weighted by atomic mass is 10.1. The minimum absolute atomic E-state index is 0. The zero-order valence-corrected chi connectivity index (χ0v) is 15.4. The van der Waals surface area contributed by atoms with Gasteiger partial charge in [0.25, 0.3) is 5.69 Å². The third kappa shape index (κ3) is 3.79. The number of nitrogens with zero attached hydrogens (tertiary/aromatic N) is 2. The number of halogens is 1. The molecule has 0 bridgehead atoms. The summed E-state index contributed by atoms with van der Waals surface area (Å²) < 4.78 is 0. The molecule has 0 saturated heterocycles. The molecule has 0 saturated carbocycles. The fourth-order valence-corrected chi connectivity index (χ4v) is 2.93. The van der Waals surface area contributed by atoms with E-state index in [-0.39, 0.29) is 29.0 Å². The molecule has 1 aromatic heterocycles. The van der Waals surface area contributed by atoms with Gasteiger partial charge in [0.2, 0.25) is 0 Å². The van der Waals surface area contributed by atoms with Crippen LogP contribution in [0.4, 0.5) is 11.4 Å². The number of aromatic nitrogens is 1. The number of hydrogen-bond donors (Lipinski definition) is 2. The molecule has 0 aliphatic carbocycles. The number of H-pyrrole nitrogens is 1. The van der Waals surface area contributed by atoms with E-state index in [9.17, 15) is 14.9 Å². The maximum Gasteiger partial charge on any atom is 0.293 e. The van der Waals surface area contributed by atoms with Crippen LogP contribution in [-0.2, 0) is 0 Å². The number of benzene rings is 2. The van der Waals surface area contributed by atoms with E-state index in [4.69, 9.17) is 0 Å². The Labute approximate surface area is 156 Å². The fraction of sp³-hybridized carbons (Fsp3) is 0.278. The third-order valence-electron chi connectivity index (χ3n) is 4.14. The van der Waals surface area contributed by atoms with Gasteiger partial charge in [-0.05, 0) is 45.3 Å². The van der Waals surface area contributed by atoms with Gasteiger partial charge < -0.3 is 15.2 Å². The van der Waals surface area contributed by atoms with E-state index in [1.807, 2.05) is 14.1 Å². The predicted molar refractivity (Wildman–Crippen MR) is 108 cm³/mol. The maximum atomic E-state index is 12.9. The smallest absolute Gasteiger partial charge is 0.293 e. The van der Waals surface area contributed by atoms with Crippen molar-refractivity contribution in [2.45, 2.75) is 6.42 Å². The molecule has 8 heteroatoms. The molecule has 7 nitrogen and oxygen atoms in total. The molecule has 3 aromatic rings. The highest BCUT2D eigenvalue weighted by Gasteiger charge is 2.19. The van der Waals surface area contributed by atoms with Crippen molar-refractivity contribution >= 4 is 45.6 Å². The molecular weight excluding hydrogens is 356 g/mol. The van der Waals surface area contributed by atoms with Crippen LogP contribution < -0.4 is 10.7 Å². The number of nitro groups is 1. The van der Waals surface area contributed by atoms with E-state index in [2.05, 4.69) is 15.2 Å². The summed E-state index contributed by atoms with van der Waals surface area (Å²) in [6.45, 7) is 1.59. The minimum Gasteiger partial charge on any atom is -0.384 e. The van der Waals surface area contributed by atoms with Gasteiger partial charge in [0.1, 0.15) is 5.52 Å². The normalized spacial score (nSPS) is 10.9. The number of rotatable bonds is 6. The maximum absolute atomic E-state index is 12.9. The summed E-state index contributed by atoms with van der Waals surface area (Å²) in [5.41, 5.74) is 1.16. The quantitative estimate of drug-likeness (QED) is 0.298. The summed E-state index contributed by atoms with van der Waals surface area (Å²) >= 11 is 0. The Balaban J connectivity index is 0.00000243. The zero-order valence-electron chi connectivity index (χ0n) is 14.6. The summed E-state index contributed by atoms with van der Waals surface area (Å²) in [7, 11) is 4.00. The number of aromatic amines is 1. The van der Waals surface area contributed by atoms with E-state index in [1.165, 1.54) is 6.07 Å². The SMILES string of the molecule is CN(C)CCCNc1ccc([N+](=O)[O-])c2[nH]c3ccccc3c(=O)c12.Cl. The predicted octanol–water partition coefficient (Wildman–Crippen LogP) is 3.37. The van der Waals surface area contributed by atoms with Crippen LogP contribution in [0.25, 0.3) is 21.8 Å². The molecule has 2 N–H and O–H groups in total. The highest BCUT2D eigenvalue weighted by atomic mass is 35.5. The first-order valence-corrected chi connectivity index (χ1v) is 8.10. The Bertz CT molecular complexity index is 1000. The van der Waals surface area contributed by atoms with Crippen LogP contribution in [0, 0.1) is 10.1 Å². The van der Waals surface area contributed by atoms with Crippen molar-refractivity contribution in [2.24, 2.45) is 0 Å². The number of anilines is 1. The van der Waals surface area contributed by atoms with Gasteiger partial charge in [0, 0.05) is 29.2 Å². The number of para-hydroxylation sites is 1. The molecule has 0 aliphatic heterocycles. The number of hydrogen-bond acceptors (Lipinski definition) is 5.